The fraction of sp³-hybridized carbons (Fsp3) is 0.800. The van der Waals surface area contributed by atoms with Crippen LogP contribution in [0.4, 0.5) is 0 Å². The minimum absolute atomic E-state index is 0.193. The Labute approximate surface area is 132 Å². The molecule has 2 aliphatic rings. The van der Waals surface area contributed by atoms with Gasteiger partial charge in [0.1, 0.15) is 15.9 Å². The van der Waals surface area contributed by atoms with Gasteiger partial charge in [0.25, 0.3) is 0 Å². The van der Waals surface area contributed by atoms with Gasteiger partial charge in [0.05, 0.1) is 17.1 Å². The molecule has 124 valence electrons. The highest BCUT2D eigenvalue weighted by atomic mass is 32.2. The zero-order chi connectivity index (χ0) is 15.7. The number of hydrogen-bond donors (Lipinski definition) is 1. The van der Waals surface area contributed by atoms with E-state index in [2.05, 4.69) is 10.00 Å². The van der Waals surface area contributed by atoms with Crippen molar-refractivity contribution >= 4 is 9.84 Å². The van der Waals surface area contributed by atoms with Crippen LogP contribution >= 0.6 is 0 Å². The quantitative estimate of drug-likeness (QED) is 0.872. The van der Waals surface area contributed by atoms with Gasteiger partial charge in [0.15, 0.2) is 0 Å². The van der Waals surface area contributed by atoms with Crippen molar-refractivity contribution in [2.45, 2.75) is 44.9 Å². The average molecular weight is 327 g/mol. The number of aliphatic hydroxyl groups is 1. The molecular formula is C15H25N3O3S. The third-order valence-corrected chi connectivity index (χ3v) is 5.71. The molecular weight excluding hydrogens is 302 g/mol. The molecule has 2 heterocycles. The second-order valence-electron chi connectivity index (χ2n) is 6.68. The Bertz CT molecular complexity index is 622. The number of hydrogen-bond acceptors (Lipinski definition) is 5. The van der Waals surface area contributed by atoms with Gasteiger partial charge in [-0.25, -0.2) is 8.42 Å². The number of fused-ring (bicyclic) bond motifs is 1. The molecule has 1 aliphatic heterocycles. The second-order valence-corrected chi connectivity index (χ2v) is 8.94. The predicted molar refractivity (Wildman–Crippen MR) is 84.1 cm³/mol. The number of rotatable bonds is 5. The highest BCUT2D eigenvalue weighted by Crippen LogP contribution is 2.37. The van der Waals surface area contributed by atoms with Crippen molar-refractivity contribution < 1.29 is 13.5 Å². The molecule has 1 saturated carbocycles. The lowest BCUT2D eigenvalue weighted by Crippen LogP contribution is -2.29. The Balaban J connectivity index is 1.68. The molecule has 1 aromatic rings. The highest BCUT2D eigenvalue weighted by Gasteiger charge is 2.29. The third-order valence-electron chi connectivity index (χ3n) is 4.79. The molecule has 1 aromatic heterocycles. The molecule has 1 unspecified atom stereocenters. The van der Waals surface area contributed by atoms with E-state index in [0.717, 1.165) is 43.7 Å². The van der Waals surface area contributed by atoms with Crippen LogP contribution < -0.4 is 0 Å². The van der Waals surface area contributed by atoms with Gasteiger partial charge in [-0.1, -0.05) is 6.42 Å². The summed E-state index contributed by atoms with van der Waals surface area (Å²) < 4.78 is 24.7. The van der Waals surface area contributed by atoms with E-state index in [0.29, 0.717) is 19.0 Å². The van der Waals surface area contributed by atoms with Crippen molar-refractivity contribution in [1.82, 2.24) is 14.7 Å². The van der Waals surface area contributed by atoms with Crippen LogP contribution in [-0.4, -0.2) is 53.3 Å². The SMILES string of the molecule is CS(=O)(=O)CCN1CCCn2nc(C(O)C3CCC3)cc2C1. The fourth-order valence-corrected chi connectivity index (χ4v) is 3.77. The van der Waals surface area contributed by atoms with Crippen LogP contribution in [0.1, 0.15) is 43.2 Å². The summed E-state index contributed by atoms with van der Waals surface area (Å²) in [6.45, 7) is 2.99. The Morgan fingerprint density at radius 3 is 2.77 bits per heavy atom. The first kappa shape index (κ1) is 16.0. The van der Waals surface area contributed by atoms with Crippen molar-refractivity contribution in [3.05, 3.63) is 17.5 Å². The summed E-state index contributed by atoms with van der Waals surface area (Å²) in [7, 11) is -2.93. The summed E-state index contributed by atoms with van der Waals surface area (Å²) in [5.41, 5.74) is 1.86. The zero-order valence-electron chi connectivity index (χ0n) is 13.1. The molecule has 1 fully saturated rings. The number of aliphatic hydroxyl groups excluding tert-OH is 1. The lowest BCUT2D eigenvalue weighted by Gasteiger charge is -2.29. The minimum atomic E-state index is -2.93. The number of sulfone groups is 1. The molecule has 1 aliphatic carbocycles. The predicted octanol–water partition coefficient (Wildman–Crippen LogP) is 0.967. The maximum absolute atomic E-state index is 11.3. The van der Waals surface area contributed by atoms with Crippen molar-refractivity contribution in [3.63, 3.8) is 0 Å². The first-order valence-electron chi connectivity index (χ1n) is 8.07. The van der Waals surface area contributed by atoms with Gasteiger partial charge in [-0.05, 0) is 31.2 Å². The summed E-state index contributed by atoms with van der Waals surface area (Å²) in [5.74, 6) is 0.555. The van der Waals surface area contributed by atoms with E-state index in [1.165, 1.54) is 12.7 Å². The zero-order valence-corrected chi connectivity index (χ0v) is 13.9. The number of nitrogens with zero attached hydrogens (tertiary/aromatic N) is 3. The molecule has 0 saturated heterocycles. The van der Waals surface area contributed by atoms with Crippen LogP contribution in [0.25, 0.3) is 0 Å². The van der Waals surface area contributed by atoms with Crippen molar-refractivity contribution in [2.24, 2.45) is 5.92 Å². The Hall–Kier alpha value is -0.920. The van der Waals surface area contributed by atoms with E-state index >= 15 is 0 Å². The van der Waals surface area contributed by atoms with Crippen LogP contribution in [-0.2, 0) is 22.9 Å². The second kappa shape index (κ2) is 6.29. The normalized spacial score (nSPS) is 21.9. The van der Waals surface area contributed by atoms with E-state index in [-0.39, 0.29) is 5.75 Å². The van der Waals surface area contributed by atoms with Crippen LogP contribution in [0.3, 0.4) is 0 Å². The van der Waals surface area contributed by atoms with E-state index in [1.54, 1.807) is 0 Å². The maximum atomic E-state index is 11.3. The molecule has 7 heteroatoms. The maximum Gasteiger partial charge on any atom is 0.148 e. The van der Waals surface area contributed by atoms with Gasteiger partial charge >= 0.3 is 0 Å². The average Bonchev–Trinajstić information content (AvgIpc) is 2.67. The molecule has 0 aromatic carbocycles. The van der Waals surface area contributed by atoms with Crippen LogP contribution in [0.5, 0.6) is 0 Å². The van der Waals surface area contributed by atoms with Gasteiger partial charge in [-0.3, -0.25) is 9.58 Å². The third kappa shape index (κ3) is 3.70. The summed E-state index contributed by atoms with van der Waals surface area (Å²) in [5, 5.41) is 14.9. The largest absolute Gasteiger partial charge is 0.386 e. The van der Waals surface area contributed by atoms with E-state index in [9.17, 15) is 13.5 Å². The summed E-state index contributed by atoms with van der Waals surface area (Å²) >= 11 is 0. The molecule has 22 heavy (non-hydrogen) atoms. The molecule has 0 amide bonds. The molecule has 3 rings (SSSR count). The highest BCUT2D eigenvalue weighted by molar-refractivity contribution is 7.90. The van der Waals surface area contributed by atoms with Crippen molar-refractivity contribution in [3.8, 4) is 0 Å². The Morgan fingerprint density at radius 2 is 2.14 bits per heavy atom. The number of aromatic nitrogens is 2. The van der Waals surface area contributed by atoms with Gasteiger partial charge in [-0.2, -0.15) is 5.10 Å². The van der Waals surface area contributed by atoms with Crippen molar-refractivity contribution in [2.75, 3.05) is 25.1 Å². The Kier molecular flexibility index (Phi) is 4.56. The summed E-state index contributed by atoms with van der Waals surface area (Å²) in [6.07, 6.45) is 5.17. The van der Waals surface area contributed by atoms with Crippen molar-refractivity contribution in [1.29, 1.82) is 0 Å². The van der Waals surface area contributed by atoms with E-state index in [4.69, 9.17) is 0 Å². The fourth-order valence-electron chi connectivity index (χ4n) is 3.18. The standard InChI is InChI=1S/C15H25N3O3S/c1-22(20,21)9-8-17-6-3-7-18-13(11-17)10-14(16-18)15(19)12-4-2-5-12/h10,12,15,19H,2-9,11H2,1H3. The molecule has 0 bridgehead atoms. The topological polar surface area (TPSA) is 75.4 Å². The molecule has 6 nitrogen and oxygen atoms in total. The lowest BCUT2D eigenvalue weighted by atomic mass is 9.80. The smallest absolute Gasteiger partial charge is 0.148 e. The van der Waals surface area contributed by atoms with Gasteiger partial charge in [0.2, 0.25) is 0 Å². The van der Waals surface area contributed by atoms with Gasteiger partial charge in [0, 0.05) is 32.4 Å². The molecule has 1 atom stereocenters. The van der Waals surface area contributed by atoms with E-state index in [1.807, 2.05) is 10.7 Å². The monoisotopic (exact) mass is 327 g/mol. The van der Waals surface area contributed by atoms with Crippen LogP contribution in [0.15, 0.2) is 6.07 Å². The first-order chi connectivity index (χ1) is 10.4. The lowest BCUT2D eigenvalue weighted by molar-refractivity contribution is 0.0581. The van der Waals surface area contributed by atoms with E-state index < -0.39 is 15.9 Å². The molecule has 0 radical (unpaired) electrons. The van der Waals surface area contributed by atoms with Crippen LogP contribution in [0.2, 0.25) is 0 Å². The van der Waals surface area contributed by atoms with Crippen LogP contribution in [0, 0.1) is 5.92 Å². The van der Waals surface area contributed by atoms with Gasteiger partial charge < -0.3 is 5.11 Å². The summed E-state index contributed by atoms with van der Waals surface area (Å²) in [6, 6.07) is 2.00. The Morgan fingerprint density at radius 1 is 1.36 bits per heavy atom. The molecule has 0 spiro atoms. The summed E-state index contributed by atoms with van der Waals surface area (Å²) in [4.78, 5) is 2.17. The van der Waals surface area contributed by atoms with Gasteiger partial charge in [-0.15, -0.1) is 0 Å². The number of aryl methyl sites for hydroxylation is 1. The minimum Gasteiger partial charge on any atom is -0.386 e. The molecule has 1 N–H and O–H groups in total. The first-order valence-corrected chi connectivity index (χ1v) is 10.1.